The summed E-state index contributed by atoms with van der Waals surface area (Å²) in [5, 5.41) is 7.10. The molecule has 0 spiro atoms. The Hall–Kier alpha value is -1.32. The number of carbonyl (C=O) groups excluding carboxylic acids is 1. The smallest absolute Gasteiger partial charge is 0.359 e. The van der Waals surface area contributed by atoms with E-state index >= 15 is 0 Å². The van der Waals surface area contributed by atoms with Crippen molar-refractivity contribution >= 4 is 5.97 Å². The van der Waals surface area contributed by atoms with Gasteiger partial charge in [-0.2, -0.15) is 5.10 Å². The standard InChI is InChI=1S/C11H14N2O2/c1-2-15-11(14)10-8-5-6-3-7(4-6)9(8)12-13-10/h6-7H,2-5H2,1H3,(H,12,13). The van der Waals surface area contributed by atoms with Gasteiger partial charge in [-0.1, -0.05) is 0 Å². The Labute approximate surface area is 88.0 Å². The van der Waals surface area contributed by atoms with Crippen LogP contribution in [0.5, 0.6) is 0 Å². The number of nitrogens with one attached hydrogen (secondary N) is 1. The summed E-state index contributed by atoms with van der Waals surface area (Å²) in [6, 6.07) is 0. The molecule has 1 N–H and O–H groups in total. The zero-order valence-corrected chi connectivity index (χ0v) is 8.75. The highest BCUT2D eigenvalue weighted by Crippen LogP contribution is 2.49. The second kappa shape index (κ2) is 3.08. The average molecular weight is 206 g/mol. The quantitative estimate of drug-likeness (QED) is 0.748. The van der Waals surface area contributed by atoms with Gasteiger partial charge < -0.3 is 4.74 Å². The fourth-order valence-corrected chi connectivity index (χ4v) is 2.72. The topological polar surface area (TPSA) is 55.0 Å². The summed E-state index contributed by atoms with van der Waals surface area (Å²) in [5.74, 6) is 1.11. The third-order valence-corrected chi connectivity index (χ3v) is 3.50. The van der Waals surface area contributed by atoms with Crippen LogP contribution in [-0.4, -0.2) is 22.8 Å². The predicted octanol–water partition coefficient (Wildman–Crippen LogP) is 1.64. The van der Waals surface area contributed by atoms with Crippen LogP contribution in [0.15, 0.2) is 0 Å². The van der Waals surface area contributed by atoms with Gasteiger partial charge in [-0.05, 0) is 32.1 Å². The Morgan fingerprint density at radius 3 is 3.13 bits per heavy atom. The molecule has 0 radical (unpaired) electrons. The molecule has 1 saturated carbocycles. The summed E-state index contributed by atoms with van der Waals surface area (Å²) in [6.45, 7) is 2.22. The summed E-state index contributed by atoms with van der Waals surface area (Å²) >= 11 is 0. The number of ether oxygens (including phenoxy) is 1. The Kier molecular flexibility index (Phi) is 1.84. The molecular weight excluding hydrogens is 192 g/mol. The second-order valence-electron chi connectivity index (χ2n) is 4.42. The molecule has 80 valence electrons. The number of rotatable bonds is 2. The number of aromatic amines is 1. The molecule has 1 aromatic heterocycles. The molecule has 0 aromatic carbocycles. The molecule has 15 heavy (non-hydrogen) atoms. The van der Waals surface area contributed by atoms with Gasteiger partial charge in [0.2, 0.25) is 0 Å². The van der Waals surface area contributed by atoms with E-state index in [4.69, 9.17) is 4.74 Å². The van der Waals surface area contributed by atoms with E-state index < -0.39 is 0 Å². The molecule has 0 atom stereocenters. The fourth-order valence-electron chi connectivity index (χ4n) is 2.72. The van der Waals surface area contributed by atoms with E-state index in [1.165, 1.54) is 18.5 Å². The first kappa shape index (κ1) is 8.95. The number of H-pyrrole nitrogens is 1. The van der Waals surface area contributed by atoms with E-state index in [9.17, 15) is 4.79 Å². The van der Waals surface area contributed by atoms with E-state index in [1.54, 1.807) is 0 Å². The van der Waals surface area contributed by atoms with Gasteiger partial charge in [0.05, 0.1) is 6.61 Å². The maximum atomic E-state index is 11.6. The fraction of sp³-hybridized carbons (Fsp3) is 0.636. The third-order valence-electron chi connectivity index (χ3n) is 3.50. The number of aromatic nitrogens is 2. The van der Waals surface area contributed by atoms with Crippen LogP contribution in [0, 0.1) is 5.92 Å². The number of hydrogen-bond donors (Lipinski definition) is 1. The molecule has 4 nitrogen and oxygen atoms in total. The highest BCUT2D eigenvalue weighted by molar-refractivity contribution is 5.89. The van der Waals surface area contributed by atoms with Crippen molar-refractivity contribution < 1.29 is 9.53 Å². The van der Waals surface area contributed by atoms with E-state index in [2.05, 4.69) is 10.2 Å². The number of carbonyl (C=O) groups is 1. The zero-order valence-electron chi connectivity index (χ0n) is 8.75. The summed E-state index contributed by atoms with van der Waals surface area (Å²) in [7, 11) is 0. The molecule has 1 fully saturated rings. The molecule has 2 bridgehead atoms. The minimum absolute atomic E-state index is 0.281. The monoisotopic (exact) mass is 206 g/mol. The van der Waals surface area contributed by atoms with Gasteiger partial charge in [0.15, 0.2) is 5.69 Å². The van der Waals surface area contributed by atoms with Crippen molar-refractivity contribution in [3.05, 3.63) is 17.0 Å². The lowest BCUT2D eigenvalue weighted by molar-refractivity contribution is 0.0517. The molecule has 0 saturated heterocycles. The van der Waals surface area contributed by atoms with Gasteiger partial charge >= 0.3 is 5.97 Å². The van der Waals surface area contributed by atoms with E-state index in [1.807, 2.05) is 6.92 Å². The first-order chi connectivity index (χ1) is 7.29. The zero-order chi connectivity index (χ0) is 10.4. The van der Waals surface area contributed by atoms with Crippen LogP contribution in [0.25, 0.3) is 0 Å². The van der Waals surface area contributed by atoms with E-state index in [0.29, 0.717) is 18.2 Å². The van der Waals surface area contributed by atoms with Gasteiger partial charge in [-0.3, -0.25) is 5.10 Å². The molecule has 0 aliphatic heterocycles. The number of hydrogen-bond acceptors (Lipinski definition) is 3. The largest absolute Gasteiger partial charge is 0.461 e. The van der Waals surface area contributed by atoms with Crippen LogP contribution in [0.4, 0.5) is 0 Å². The lowest BCUT2D eigenvalue weighted by atomic mass is 9.64. The summed E-state index contributed by atoms with van der Waals surface area (Å²) in [4.78, 5) is 11.6. The highest BCUT2D eigenvalue weighted by atomic mass is 16.5. The Morgan fingerprint density at radius 1 is 1.60 bits per heavy atom. The second-order valence-corrected chi connectivity index (χ2v) is 4.42. The van der Waals surface area contributed by atoms with Crippen molar-refractivity contribution in [3.8, 4) is 0 Å². The molecular formula is C11H14N2O2. The van der Waals surface area contributed by atoms with Crippen molar-refractivity contribution in [2.24, 2.45) is 5.92 Å². The van der Waals surface area contributed by atoms with Crippen molar-refractivity contribution in [1.29, 1.82) is 0 Å². The molecule has 1 heterocycles. The van der Waals surface area contributed by atoms with Crippen molar-refractivity contribution in [2.75, 3.05) is 6.61 Å². The van der Waals surface area contributed by atoms with Crippen molar-refractivity contribution in [3.63, 3.8) is 0 Å². The van der Waals surface area contributed by atoms with Crippen LogP contribution < -0.4 is 0 Å². The van der Waals surface area contributed by atoms with Gasteiger partial charge in [0.25, 0.3) is 0 Å². The normalized spacial score (nSPS) is 26.7. The first-order valence-corrected chi connectivity index (χ1v) is 5.53. The van der Waals surface area contributed by atoms with Gasteiger partial charge in [-0.25, -0.2) is 4.79 Å². The SMILES string of the molecule is CCOC(=O)c1n[nH]c2c1CC1CC2C1. The number of nitrogens with zero attached hydrogens (tertiary/aromatic N) is 1. The third kappa shape index (κ3) is 1.20. The summed E-state index contributed by atoms with van der Waals surface area (Å²) < 4.78 is 4.98. The minimum Gasteiger partial charge on any atom is -0.461 e. The lowest BCUT2D eigenvalue weighted by Crippen LogP contribution is -2.30. The summed E-state index contributed by atoms with van der Waals surface area (Å²) in [6.07, 6.45) is 3.52. The van der Waals surface area contributed by atoms with Crippen LogP contribution >= 0.6 is 0 Å². The van der Waals surface area contributed by atoms with Crippen LogP contribution in [0.2, 0.25) is 0 Å². The lowest BCUT2D eigenvalue weighted by Gasteiger charge is -2.40. The minimum atomic E-state index is -0.281. The van der Waals surface area contributed by atoms with Crippen LogP contribution in [0.1, 0.15) is 47.4 Å². The van der Waals surface area contributed by atoms with Gasteiger partial charge in [-0.15, -0.1) is 0 Å². The molecule has 0 amide bonds. The molecule has 3 aliphatic rings. The van der Waals surface area contributed by atoms with E-state index in [0.717, 1.165) is 17.9 Å². The Morgan fingerprint density at radius 2 is 2.40 bits per heavy atom. The maximum Gasteiger partial charge on any atom is 0.359 e. The van der Waals surface area contributed by atoms with Gasteiger partial charge in [0, 0.05) is 17.2 Å². The predicted molar refractivity (Wildman–Crippen MR) is 53.7 cm³/mol. The Bertz CT molecular complexity index is 405. The first-order valence-electron chi connectivity index (χ1n) is 5.53. The van der Waals surface area contributed by atoms with Crippen LogP contribution in [-0.2, 0) is 11.2 Å². The molecule has 0 unspecified atom stereocenters. The number of esters is 1. The summed E-state index contributed by atoms with van der Waals surface area (Å²) in [5.41, 5.74) is 2.81. The highest BCUT2D eigenvalue weighted by Gasteiger charge is 2.41. The molecule has 1 aromatic rings. The average Bonchev–Trinajstić information content (AvgIpc) is 2.59. The maximum absolute atomic E-state index is 11.6. The van der Waals surface area contributed by atoms with Gasteiger partial charge in [0.1, 0.15) is 0 Å². The Balaban J connectivity index is 1.94. The molecule has 4 heteroatoms. The van der Waals surface area contributed by atoms with Crippen molar-refractivity contribution in [1.82, 2.24) is 10.2 Å². The van der Waals surface area contributed by atoms with Crippen LogP contribution in [0.3, 0.4) is 0 Å². The van der Waals surface area contributed by atoms with Crippen molar-refractivity contribution in [2.45, 2.75) is 32.1 Å². The molecule has 3 aliphatic carbocycles. The molecule has 4 rings (SSSR count). The van der Waals surface area contributed by atoms with E-state index in [-0.39, 0.29) is 5.97 Å².